The van der Waals surface area contributed by atoms with Crippen molar-refractivity contribution in [3.05, 3.63) is 47.3 Å². The van der Waals surface area contributed by atoms with Crippen LogP contribution in [0.2, 0.25) is 0 Å². The summed E-state index contributed by atoms with van der Waals surface area (Å²) in [4.78, 5) is 26.3. The topological polar surface area (TPSA) is 76.5 Å². The lowest BCUT2D eigenvalue weighted by molar-refractivity contribution is -0.134. The van der Waals surface area contributed by atoms with Crippen LogP contribution >= 0.6 is 0 Å². The fourth-order valence-corrected chi connectivity index (χ4v) is 2.87. The predicted octanol–water partition coefficient (Wildman–Crippen LogP) is 1.75. The number of amides is 2. The first-order chi connectivity index (χ1) is 12.4. The van der Waals surface area contributed by atoms with E-state index in [0.717, 1.165) is 11.3 Å². The Hall–Kier alpha value is -2.83. The summed E-state index contributed by atoms with van der Waals surface area (Å²) in [5.74, 6) is 0.419. The minimum absolute atomic E-state index is 0.00170. The van der Waals surface area contributed by atoms with Gasteiger partial charge in [0.15, 0.2) is 12.3 Å². The Kier molecular flexibility index (Phi) is 5.25. The zero-order valence-corrected chi connectivity index (χ0v) is 15.4. The maximum atomic E-state index is 12.4. The van der Waals surface area contributed by atoms with Crippen LogP contribution in [0.15, 0.2) is 30.3 Å². The molecule has 1 aliphatic heterocycles. The van der Waals surface area contributed by atoms with E-state index in [-0.39, 0.29) is 24.5 Å². The van der Waals surface area contributed by atoms with Crippen LogP contribution in [0.25, 0.3) is 0 Å². The summed E-state index contributed by atoms with van der Waals surface area (Å²) in [6.07, 6.45) is 0. The Morgan fingerprint density at radius 1 is 1.27 bits per heavy atom. The minimum atomic E-state index is -0.192. The highest BCUT2D eigenvalue weighted by Crippen LogP contribution is 2.16. The van der Waals surface area contributed by atoms with Crippen molar-refractivity contribution in [3.8, 4) is 5.75 Å². The molecule has 0 aliphatic carbocycles. The number of aryl methyl sites for hydroxylation is 1. The minimum Gasteiger partial charge on any atom is -0.484 e. The van der Waals surface area contributed by atoms with Crippen LogP contribution in [0, 0.1) is 6.92 Å². The molecule has 0 bridgehead atoms. The molecule has 0 fully saturated rings. The van der Waals surface area contributed by atoms with Crippen LogP contribution in [0.3, 0.4) is 0 Å². The van der Waals surface area contributed by atoms with Crippen molar-refractivity contribution < 1.29 is 14.3 Å². The van der Waals surface area contributed by atoms with E-state index in [4.69, 9.17) is 4.74 Å². The van der Waals surface area contributed by atoms with Crippen molar-refractivity contribution in [1.82, 2.24) is 20.0 Å². The van der Waals surface area contributed by atoms with Gasteiger partial charge in [-0.05, 0) is 44.5 Å². The van der Waals surface area contributed by atoms with Gasteiger partial charge in [0.2, 0.25) is 0 Å². The Balaban J connectivity index is 1.60. The summed E-state index contributed by atoms with van der Waals surface area (Å²) >= 11 is 0. The third kappa shape index (κ3) is 4.22. The summed E-state index contributed by atoms with van der Waals surface area (Å²) in [7, 11) is 0. The molecule has 7 nitrogen and oxygen atoms in total. The van der Waals surface area contributed by atoms with Gasteiger partial charge in [0.1, 0.15) is 5.75 Å². The number of carbonyl (C=O) groups excluding carboxylic acids is 2. The van der Waals surface area contributed by atoms with E-state index in [1.165, 1.54) is 0 Å². The molecule has 0 unspecified atom stereocenters. The van der Waals surface area contributed by atoms with Gasteiger partial charge in [-0.1, -0.05) is 12.1 Å². The Labute approximate surface area is 152 Å². The van der Waals surface area contributed by atoms with Crippen LogP contribution < -0.4 is 10.1 Å². The van der Waals surface area contributed by atoms with Crippen LogP contribution in [0.4, 0.5) is 0 Å². The van der Waals surface area contributed by atoms with Crippen LogP contribution in [0.1, 0.15) is 35.6 Å². The number of carbonyl (C=O) groups is 2. The lowest BCUT2D eigenvalue weighted by Crippen LogP contribution is -2.40. The second-order valence-electron chi connectivity index (χ2n) is 6.79. The fourth-order valence-electron chi connectivity index (χ4n) is 2.87. The van der Waals surface area contributed by atoms with Crippen molar-refractivity contribution in [1.29, 1.82) is 0 Å². The molecule has 2 amide bonds. The monoisotopic (exact) mass is 356 g/mol. The highest BCUT2D eigenvalue weighted by atomic mass is 16.5. The van der Waals surface area contributed by atoms with Gasteiger partial charge in [0.25, 0.3) is 11.8 Å². The molecule has 1 aromatic heterocycles. The van der Waals surface area contributed by atoms with E-state index in [1.54, 1.807) is 15.6 Å². The Morgan fingerprint density at radius 2 is 2.08 bits per heavy atom. The Morgan fingerprint density at radius 3 is 2.81 bits per heavy atom. The molecular formula is C19H24N4O3. The number of benzene rings is 1. The smallest absolute Gasteiger partial charge is 0.271 e. The maximum Gasteiger partial charge on any atom is 0.271 e. The zero-order chi connectivity index (χ0) is 18.7. The average Bonchev–Trinajstić information content (AvgIpc) is 3.02. The van der Waals surface area contributed by atoms with Gasteiger partial charge >= 0.3 is 0 Å². The zero-order valence-electron chi connectivity index (χ0n) is 15.4. The first kappa shape index (κ1) is 18.0. The highest BCUT2D eigenvalue weighted by molar-refractivity contribution is 5.92. The molecule has 26 heavy (non-hydrogen) atoms. The normalized spacial score (nSPS) is 13.5. The predicted molar refractivity (Wildman–Crippen MR) is 96.9 cm³/mol. The second-order valence-corrected chi connectivity index (χ2v) is 6.79. The maximum absolute atomic E-state index is 12.4. The number of fused-ring (bicyclic) bond motifs is 1. The van der Waals surface area contributed by atoms with Crippen molar-refractivity contribution in [2.24, 2.45) is 0 Å². The molecular weight excluding hydrogens is 332 g/mol. The Bertz CT molecular complexity index is 813. The summed E-state index contributed by atoms with van der Waals surface area (Å²) in [5, 5.41) is 7.17. The molecule has 0 saturated carbocycles. The quantitative estimate of drug-likeness (QED) is 0.885. The summed E-state index contributed by atoms with van der Waals surface area (Å²) in [6, 6.07) is 9.42. The molecule has 1 aromatic carbocycles. The molecule has 2 heterocycles. The first-order valence-corrected chi connectivity index (χ1v) is 8.77. The molecule has 0 spiro atoms. The second kappa shape index (κ2) is 7.59. The number of rotatable bonds is 5. The molecule has 0 saturated heterocycles. The highest BCUT2D eigenvalue weighted by Gasteiger charge is 2.24. The molecule has 138 valence electrons. The van der Waals surface area contributed by atoms with E-state index in [1.807, 2.05) is 45.0 Å². The molecule has 3 rings (SSSR count). The summed E-state index contributed by atoms with van der Waals surface area (Å²) in [6.45, 7) is 7.34. The van der Waals surface area contributed by atoms with Crippen molar-refractivity contribution >= 4 is 11.8 Å². The van der Waals surface area contributed by atoms with E-state index in [9.17, 15) is 9.59 Å². The van der Waals surface area contributed by atoms with Crippen molar-refractivity contribution in [3.63, 3.8) is 0 Å². The van der Waals surface area contributed by atoms with Gasteiger partial charge < -0.3 is 15.0 Å². The lowest BCUT2D eigenvalue weighted by atomic mass is 10.2. The molecule has 7 heteroatoms. The average molecular weight is 356 g/mol. The van der Waals surface area contributed by atoms with Crippen molar-refractivity contribution in [2.45, 2.75) is 39.9 Å². The number of aromatic nitrogens is 2. The first-order valence-electron chi connectivity index (χ1n) is 8.77. The summed E-state index contributed by atoms with van der Waals surface area (Å²) < 4.78 is 7.39. The van der Waals surface area contributed by atoms with E-state index in [0.29, 0.717) is 31.1 Å². The number of ether oxygens (including phenoxy) is 1. The summed E-state index contributed by atoms with van der Waals surface area (Å²) in [5.41, 5.74) is 2.33. The molecule has 0 atom stereocenters. The van der Waals surface area contributed by atoms with Crippen LogP contribution in [-0.2, 0) is 17.9 Å². The number of hydrogen-bond acceptors (Lipinski definition) is 4. The van der Waals surface area contributed by atoms with Gasteiger partial charge in [-0.15, -0.1) is 0 Å². The molecule has 2 aromatic rings. The third-order valence-electron chi connectivity index (χ3n) is 4.15. The number of nitrogens with one attached hydrogen (secondary N) is 1. The fraction of sp³-hybridized carbons (Fsp3) is 0.421. The van der Waals surface area contributed by atoms with Crippen molar-refractivity contribution in [2.75, 3.05) is 13.2 Å². The van der Waals surface area contributed by atoms with Gasteiger partial charge in [0, 0.05) is 12.6 Å². The van der Waals surface area contributed by atoms with Gasteiger partial charge in [0.05, 0.1) is 18.8 Å². The van der Waals surface area contributed by atoms with Gasteiger partial charge in [-0.25, -0.2) is 0 Å². The van der Waals surface area contributed by atoms with Crippen LogP contribution in [0.5, 0.6) is 5.75 Å². The third-order valence-corrected chi connectivity index (χ3v) is 4.15. The van der Waals surface area contributed by atoms with E-state index in [2.05, 4.69) is 10.4 Å². The number of nitrogens with zero attached hydrogens (tertiary/aromatic N) is 3. The standard InChI is InChI=1S/C19H24N4O3/c1-13(2)20-19(25)17-10-15-11-22(7-8-23(15)21-17)18(24)12-26-16-6-4-5-14(3)9-16/h4-6,9-10,13H,7-8,11-12H2,1-3H3,(H,20,25). The van der Waals surface area contributed by atoms with E-state index < -0.39 is 0 Å². The number of hydrogen-bond donors (Lipinski definition) is 1. The largest absolute Gasteiger partial charge is 0.484 e. The van der Waals surface area contributed by atoms with E-state index >= 15 is 0 Å². The molecule has 1 aliphatic rings. The lowest BCUT2D eigenvalue weighted by Gasteiger charge is -2.27. The molecule has 1 N–H and O–H groups in total. The SMILES string of the molecule is Cc1cccc(OCC(=O)N2CCn3nc(C(=O)NC(C)C)cc3C2)c1. The van der Waals surface area contributed by atoms with Gasteiger partial charge in [-0.2, -0.15) is 5.10 Å². The molecule has 0 radical (unpaired) electrons. The van der Waals surface area contributed by atoms with Crippen LogP contribution in [-0.4, -0.2) is 45.7 Å². The van der Waals surface area contributed by atoms with Gasteiger partial charge in [-0.3, -0.25) is 14.3 Å².